The molecule has 2 rings (SSSR count). The molecular weight excluding hydrogens is 192 g/mol. The molecule has 0 radical (unpaired) electrons. The maximum Gasteiger partial charge on any atom is 0.121 e. The lowest BCUT2D eigenvalue weighted by Crippen LogP contribution is -2.31. The maximum atomic E-state index is 10.2. The van der Waals surface area contributed by atoms with E-state index >= 15 is 0 Å². The van der Waals surface area contributed by atoms with Crippen LogP contribution in [0.25, 0.3) is 0 Å². The summed E-state index contributed by atoms with van der Waals surface area (Å²) in [6, 6.07) is 0. The minimum absolute atomic E-state index is 0.200. The van der Waals surface area contributed by atoms with Gasteiger partial charge in [0.25, 0.3) is 0 Å². The lowest BCUT2D eigenvalue weighted by Gasteiger charge is -2.26. The highest BCUT2D eigenvalue weighted by molar-refractivity contribution is 5.06. The first kappa shape index (κ1) is 11.0. The second kappa shape index (κ2) is 4.99. The van der Waals surface area contributed by atoms with Crippen LogP contribution < -0.4 is 0 Å². The molecule has 2 heterocycles. The van der Waals surface area contributed by atoms with Crippen molar-refractivity contribution in [3.05, 3.63) is 11.8 Å². The van der Waals surface area contributed by atoms with Crippen molar-refractivity contribution in [2.24, 2.45) is 5.92 Å². The van der Waals surface area contributed by atoms with Crippen LogP contribution in [0.1, 0.15) is 32.6 Å². The molecule has 86 valence electrons. The summed E-state index contributed by atoms with van der Waals surface area (Å²) in [4.78, 5) is 0. The first-order chi connectivity index (χ1) is 7.33. The van der Waals surface area contributed by atoms with Gasteiger partial charge in [-0.3, -0.25) is 0 Å². The number of allylic oxidation sites excluding steroid dienone is 1. The number of hydrogen-bond donors (Lipinski definition) is 1. The molecule has 1 N–H and O–H groups in total. The van der Waals surface area contributed by atoms with Crippen molar-refractivity contribution in [3.63, 3.8) is 0 Å². The van der Waals surface area contributed by atoms with Crippen LogP contribution in [0.15, 0.2) is 11.8 Å². The summed E-state index contributed by atoms with van der Waals surface area (Å²) in [7, 11) is 0. The fourth-order valence-corrected chi connectivity index (χ4v) is 2.44. The van der Waals surface area contributed by atoms with Crippen molar-refractivity contribution in [1.82, 2.24) is 0 Å². The van der Waals surface area contributed by atoms with Crippen LogP contribution in [0.5, 0.6) is 0 Å². The van der Waals surface area contributed by atoms with Gasteiger partial charge in [0.2, 0.25) is 0 Å². The monoisotopic (exact) mass is 212 g/mol. The van der Waals surface area contributed by atoms with Gasteiger partial charge in [0.1, 0.15) is 11.9 Å². The molecule has 0 saturated carbocycles. The summed E-state index contributed by atoms with van der Waals surface area (Å²) in [6.07, 6.45) is 5.77. The minimum atomic E-state index is -0.460. The minimum Gasteiger partial charge on any atom is -0.495 e. The molecular formula is C12H20O3. The summed E-state index contributed by atoms with van der Waals surface area (Å²) in [5.41, 5.74) is 0. The van der Waals surface area contributed by atoms with E-state index in [2.05, 4.69) is 6.92 Å². The first-order valence-electron chi connectivity index (χ1n) is 5.95. The van der Waals surface area contributed by atoms with Crippen molar-refractivity contribution < 1.29 is 14.6 Å². The second-order valence-corrected chi connectivity index (χ2v) is 4.31. The van der Waals surface area contributed by atoms with E-state index in [4.69, 9.17) is 9.47 Å². The van der Waals surface area contributed by atoms with Gasteiger partial charge in [0.15, 0.2) is 0 Å². The fraction of sp³-hybridized carbons (Fsp3) is 0.833. The zero-order valence-corrected chi connectivity index (χ0v) is 9.32. The first-order valence-corrected chi connectivity index (χ1v) is 5.95. The van der Waals surface area contributed by atoms with Gasteiger partial charge < -0.3 is 14.6 Å². The van der Waals surface area contributed by atoms with Crippen LogP contribution in [-0.2, 0) is 9.47 Å². The quantitative estimate of drug-likeness (QED) is 0.776. The summed E-state index contributed by atoms with van der Waals surface area (Å²) < 4.78 is 11.1. The van der Waals surface area contributed by atoms with E-state index < -0.39 is 6.10 Å². The van der Waals surface area contributed by atoms with Gasteiger partial charge in [-0.25, -0.2) is 0 Å². The molecule has 3 nitrogen and oxygen atoms in total. The average Bonchev–Trinajstić information content (AvgIpc) is 2.77. The standard InChI is InChI=1S/C12H20O3/c1-2-10-9(6-8-15-10)12(13)11-5-3-4-7-14-11/h5,9-10,12-13H,2-4,6-8H2,1H3. The van der Waals surface area contributed by atoms with E-state index in [0.717, 1.165) is 44.7 Å². The van der Waals surface area contributed by atoms with Crippen molar-refractivity contribution in [2.45, 2.75) is 44.8 Å². The Morgan fingerprint density at radius 2 is 2.40 bits per heavy atom. The van der Waals surface area contributed by atoms with E-state index in [1.54, 1.807) is 0 Å². The Labute approximate surface area is 91.1 Å². The Hall–Kier alpha value is -0.540. The zero-order chi connectivity index (χ0) is 10.7. The molecule has 0 aromatic heterocycles. The third kappa shape index (κ3) is 2.34. The molecule has 15 heavy (non-hydrogen) atoms. The van der Waals surface area contributed by atoms with Gasteiger partial charge in [0.05, 0.1) is 12.7 Å². The van der Waals surface area contributed by atoms with Gasteiger partial charge in [0, 0.05) is 12.5 Å². The SMILES string of the molecule is CCC1OCCC1C(O)C1=CCCCO1. The second-order valence-electron chi connectivity index (χ2n) is 4.31. The molecule has 0 amide bonds. The highest BCUT2D eigenvalue weighted by Gasteiger charge is 2.35. The predicted molar refractivity (Wildman–Crippen MR) is 57.4 cm³/mol. The van der Waals surface area contributed by atoms with Crippen LogP contribution in [0, 0.1) is 5.92 Å². The molecule has 0 aromatic rings. The largest absolute Gasteiger partial charge is 0.495 e. The van der Waals surface area contributed by atoms with Crippen molar-refractivity contribution >= 4 is 0 Å². The Morgan fingerprint density at radius 3 is 3.07 bits per heavy atom. The predicted octanol–water partition coefficient (Wildman–Crippen LogP) is 1.86. The molecule has 0 spiro atoms. The Morgan fingerprint density at radius 1 is 1.53 bits per heavy atom. The Kier molecular flexibility index (Phi) is 3.65. The van der Waals surface area contributed by atoms with Crippen LogP contribution in [0.3, 0.4) is 0 Å². The number of ether oxygens (including phenoxy) is 2. The van der Waals surface area contributed by atoms with Crippen molar-refractivity contribution in [2.75, 3.05) is 13.2 Å². The van der Waals surface area contributed by atoms with Crippen LogP contribution in [0.4, 0.5) is 0 Å². The topological polar surface area (TPSA) is 38.7 Å². The van der Waals surface area contributed by atoms with Crippen LogP contribution in [0.2, 0.25) is 0 Å². The fourth-order valence-electron chi connectivity index (χ4n) is 2.44. The molecule has 0 bridgehead atoms. The number of hydrogen-bond acceptors (Lipinski definition) is 3. The molecule has 3 atom stereocenters. The van der Waals surface area contributed by atoms with Gasteiger partial charge in [-0.2, -0.15) is 0 Å². The van der Waals surface area contributed by atoms with Crippen LogP contribution >= 0.6 is 0 Å². The molecule has 2 aliphatic heterocycles. The lowest BCUT2D eigenvalue weighted by molar-refractivity contribution is 0.0134. The maximum absolute atomic E-state index is 10.2. The summed E-state index contributed by atoms with van der Waals surface area (Å²) >= 11 is 0. The van der Waals surface area contributed by atoms with Gasteiger partial charge >= 0.3 is 0 Å². The highest BCUT2D eigenvalue weighted by Crippen LogP contribution is 2.31. The van der Waals surface area contributed by atoms with Gasteiger partial charge in [-0.15, -0.1) is 0 Å². The molecule has 1 fully saturated rings. The molecule has 1 saturated heterocycles. The van der Waals surface area contributed by atoms with E-state index in [0.29, 0.717) is 0 Å². The molecule has 0 aromatic carbocycles. The summed E-state index contributed by atoms with van der Waals surface area (Å²) in [5.74, 6) is 0.995. The van der Waals surface area contributed by atoms with E-state index in [-0.39, 0.29) is 12.0 Å². The van der Waals surface area contributed by atoms with Gasteiger partial charge in [-0.1, -0.05) is 6.92 Å². The summed E-state index contributed by atoms with van der Waals surface area (Å²) in [5, 5.41) is 10.2. The van der Waals surface area contributed by atoms with Crippen molar-refractivity contribution in [1.29, 1.82) is 0 Å². The zero-order valence-electron chi connectivity index (χ0n) is 9.32. The number of aliphatic hydroxyl groups is 1. The molecule has 3 heteroatoms. The molecule has 3 unspecified atom stereocenters. The third-order valence-corrected chi connectivity index (χ3v) is 3.32. The summed E-state index contributed by atoms with van der Waals surface area (Å²) in [6.45, 7) is 3.62. The van der Waals surface area contributed by atoms with Crippen LogP contribution in [-0.4, -0.2) is 30.5 Å². The van der Waals surface area contributed by atoms with Crippen molar-refractivity contribution in [3.8, 4) is 0 Å². The Bertz CT molecular complexity index is 237. The van der Waals surface area contributed by atoms with Gasteiger partial charge in [-0.05, 0) is 31.8 Å². The third-order valence-electron chi connectivity index (χ3n) is 3.32. The van der Waals surface area contributed by atoms with E-state index in [1.165, 1.54) is 0 Å². The smallest absolute Gasteiger partial charge is 0.121 e. The normalized spacial score (nSPS) is 33.3. The lowest BCUT2D eigenvalue weighted by atomic mass is 9.91. The Balaban J connectivity index is 1.99. The highest BCUT2D eigenvalue weighted by atomic mass is 16.5. The number of aliphatic hydroxyl groups excluding tert-OH is 1. The molecule has 0 aliphatic carbocycles. The number of rotatable bonds is 3. The van der Waals surface area contributed by atoms with E-state index in [9.17, 15) is 5.11 Å². The average molecular weight is 212 g/mol. The van der Waals surface area contributed by atoms with E-state index in [1.807, 2.05) is 6.08 Å². The molecule has 2 aliphatic rings.